The maximum absolute atomic E-state index is 8.79. The molecule has 5 nitrogen and oxygen atoms in total. The van der Waals surface area contributed by atoms with Gasteiger partial charge in [0.1, 0.15) is 12.2 Å². The minimum absolute atomic E-state index is 0.596. The maximum atomic E-state index is 8.79. The Hall–Kier alpha value is -1.87. The fourth-order valence-corrected chi connectivity index (χ4v) is 2.11. The van der Waals surface area contributed by atoms with Crippen LogP contribution in [0.3, 0.4) is 0 Å². The van der Waals surface area contributed by atoms with Gasteiger partial charge in [-0.3, -0.25) is 0 Å². The molecule has 0 fully saturated rings. The molecule has 1 N–H and O–H groups in total. The van der Waals surface area contributed by atoms with E-state index in [0.29, 0.717) is 12.1 Å². The first-order valence-corrected chi connectivity index (χ1v) is 6.34. The van der Waals surface area contributed by atoms with Crippen LogP contribution >= 0.6 is 15.9 Å². The number of hydrogen-bond acceptors (Lipinski definition) is 4. The number of nitrogens with zero attached hydrogens (tertiary/aromatic N) is 4. The van der Waals surface area contributed by atoms with Crippen LogP contribution in [0.4, 0.5) is 5.69 Å². The molecular weight excluding hydrogens is 294 g/mol. The van der Waals surface area contributed by atoms with E-state index in [4.69, 9.17) is 5.26 Å². The summed E-state index contributed by atoms with van der Waals surface area (Å²) in [5.41, 5.74) is 1.56. The molecule has 2 rings (SSSR count). The SMILES string of the molecule is CCn1ncnc1CNc1ccc(C#N)cc1Br. The number of aromatic nitrogens is 3. The Bertz CT molecular complexity index is 584. The van der Waals surface area contributed by atoms with Crippen LogP contribution in [0.25, 0.3) is 0 Å². The van der Waals surface area contributed by atoms with Gasteiger partial charge in [0.05, 0.1) is 18.2 Å². The summed E-state index contributed by atoms with van der Waals surface area (Å²) in [6, 6.07) is 7.53. The van der Waals surface area contributed by atoms with Crippen LogP contribution in [-0.2, 0) is 13.1 Å². The Morgan fingerprint density at radius 1 is 1.50 bits per heavy atom. The van der Waals surface area contributed by atoms with Crippen molar-refractivity contribution in [1.29, 1.82) is 5.26 Å². The van der Waals surface area contributed by atoms with Gasteiger partial charge in [-0.25, -0.2) is 9.67 Å². The first-order valence-electron chi connectivity index (χ1n) is 5.54. The van der Waals surface area contributed by atoms with Crippen LogP contribution in [0.1, 0.15) is 18.3 Å². The summed E-state index contributed by atoms with van der Waals surface area (Å²) in [4.78, 5) is 4.19. The molecular formula is C12H12BrN5. The van der Waals surface area contributed by atoms with E-state index >= 15 is 0 Å². The molecule has 18 heavy (non-hydrogen) atoms. The monoisotopic (exact) mass is 305 g/mol. The summed E-state index contributed by atoms with van der Waals surface area (Å²) in [6.07, 6.45) is 1.55. The zero-order valence-corrected chi connectivity index (χ0v) is 11.5. The number of halogens is 1. The average molecular weight is 306 g/mol. The molecule has 0 unspecified atom stereocenters. The van der Waals surface area contributed by atoms with Gasteiger partial charge < -0.3 is 5.32 Å². The van der Waals surface area contributed by atoms with Crippen LogP contribution < -0.4 is 5.32 Å². The Morgan fingerprint density at radius 3 is 3.00 bits per heavy atom. The van der Waals surface area contributed by atoms with Crippen molar-refractivity contribution in [3.63, 3.8) is 0 Å². The Morgan fingerprint density at radius 2 is 2.33 bits per heavy atom. The zero-order valence-electron chi connectivity index (χ0n) is 9.89. The summed E-state index contributed by atoms with van der Waals surface area (Å²) in [5.74, 6) is 0.883. The van der Waals surface area contributed by atoms with Crippen molar-refractivity contribution in [3.05, 3.63) is 40.4 Å². The van der Waals surface area contributed by atoms with E-state index in [-0.39, 0.29) is 0 Å². The number of hydrogen-bond donors (Lipinski definition) is 1. The quantitative estimate of drug-likeness (QED) is 0.942. The molecule has 1 aromatic heterocycles. The highest BCUT2D eigenvalue weighted by molar-refractivity contribution is 9.10. The number of rotatable bonds is 4. The third-order valence-electron chi connectivity index (χ3n) is 2.53. The van der Waals surface area contributed by atoms with Gasteiger partial charge in [-0.1, -0.05) is 0 Å². The van der Waals surface area contributed by atoms with Gasteiger partial charge >= 0.3 is 0 Å². The lowest BCUT2D eigenvalue weighted by atomic mass is 10.2. The molecule has 0 aliphatic rings. The largest absolute Gasteiger partial charge is 0.377 e. The minimum Gasteiger partial charge on any atom is -0.377 e. The Labute approximate surface area is 114 Å². The van der Waals surface area contributed by atoms with Crippen molar-refractivity contribution in [3.8, 4) is 6.07 Å². The van der Waals surface area contributed by atoms with Crippen molar-refractivity contribution >= 4 is 21.6 Å². The topological polar surface area (TPSA) is 66.5 Å². The van der Waals surface area contributed by atoms with Crippen molar-refractivity contribution in [2.24, 2.45) is 0 Å². The van der Waals surface area contributed by atoms with Crippen molar-refractivity contribution in [1.82, 2.24) is 14.8 Å². The highest BCUT2D eigenvalue weighted by atomic mass is 79.9. The van der Waals surface area contributed by atoms with Crippen LogP contribution in [0.15, 0.2) is 29.0 Å². The highest BCUT2D eigenvalue weighted by Crippen LogP contribution is 2.23. The van der Waals surface area contributed by atoms with E-state index in [0.717, 1.165) is 22.5 Å². The van der Waals surface area contributed by atoms with Crippen molar-refractivity contribution in [2.45, 2.75) is 20.0 Å². The van der Waals surface area contributed by atoms with Crippen molar-refractivity contribution in [2.75, 3.05) is 5.32 Å². The molecule has 6 heteroatoms. The lowest BCUT2D eigenvalue weighted by Crippen LogP contribution is -2.09. The van der Waals surface area contributed by atoms with Crippen LogP contribution in [0.2, 0.25) is 0 Å². The summed E-state index contributed by atoms with van der Waals surface area (Å²) in [7, 11) is 0. The first kappa shape index (κ1) is 12.6. The summed E-state index contributed by atoms with van der Waals surface area (Å²) < 4.78 is 2.70. The van der Waals surface area contributed by atoms with Gasteiger partial charge in [-0.2, -0.15) is 10.4 Å². The molecule has 92 valence electrons. The number of nitriles is 1. The predicted molar refractivity (Wildman–Crippen MR) is 71.9 cm³/mol. The zero-order chi connectivity index (χ0) is 13.0. The standard InChI is InChI=1S/C12H12BrN5/c1-2-18-12(16-8-17-18)7-15-11-4-3-9(6-14)5-10(11)13/h3-5,8,15H,2,7H2,1H3. The van der Waals surface area contributed by atoms with E-state index in [9.17, 15) is 0 Å². The van der Waals surface area contributed by atoms with Gasteiger partial charge in [-0.15, -0.1) is 0 Å². The molecule has 0 saturated carbocycles. The maximum Gasteiger partial charge on any atom is 0.146 e. The van der Waals surface area contributed by atoms with Crippen LogP contribution in [0, 0.1) is 11.3 Å². The van der Waals surface area contributed by atoms with E-state index in [2.05, 4.69) is 37.4 Å². The van der Waals surface area contributed by atoms with E-state index < -0.39 is 0 Å². The number of anilines is 1. The minimum atomic E-state index is 0.596. The molecule has 0 bridgehead atoms. The third kappa shape index (κ3) is 2.68. The smallest absolute Gasteiger partial charge is 0.146 e. The molecule has 0 radical (unpaired) electrons. The molecule has 0 atom stereocenters. The second-order valence-electron chi connectivity index (χ2n) is 3.65. The molecule has 0 aliphatic heterocycles. The third-order valence-corrected chi connectivity index (χ3v) is 3.19. The van der Waals surface area contributed by atoms with Crippen LogP contribution in [0.5, 0.6) is 0 Å². The van der Waals surface area contributed by atoms with Gasteiger partial charge in [0, 0.05) is 16.7 Å². The first-order chi connectivity index (χ1) is 8.74. The second-order valence-corrected chi connectivity index (χ2v) is 4.51. The Kier molecular flexibility index (Phi) is 3.95. The summed E-state index contributed by atoms with van der Waals surface area (Å²) in [6.45, 7) is 3.42. The van der Waals surface area contributed by atoms with Gasteiger partial charge in [0.15, 0.2) is 0 Å². The van der Waals surface area contributed by atoms with Gasteiger partial charge in [-0.05, 0) is 41.1 Å². The molecule has 1 aromatic carbocycles. The normalized spacial score (nSPS) is 10.1. The molecule has 0 spiro atoms. The van der Waals surface area contributed by atoms with E-state index in [1.807, 2.05) is 17.7 Å². The number of benzene rings is 1. The molecule has 0 aliphatic carbocycles. The molecule has 1 heterocycles. The lowest BCUT2D eigenvalue weighted by molar-refractivity contribution is 0.622. The van der Waals surface area contributed by atoms with Crippen molar-refractivity contribution < 1.29 is 0 Å². The highest BCUT2D eigenvalue weighted by Gasteiger charge is 2.05. The lowest BCUT2D eigenvalue weighted by Gasteiger charge is -2.08. The molecule has 0 amide bonds. The molecule has 2 aromatic rings. The second kappa shape index (κ2) is 5.65. The fourth-order valence-electron chi connectivity index (χ4n) is 1.59. The van der Waals surface area contributed by atoms with E-state index in [1.165, 1.54) is 0 Å². The van der Waals surface area contributed by atoms with Gasteiger partial charge in [0.2, 0.25) is 0 Å². The predicted octanol–water partition coefficient (Wildman–Crippen LogP) is 2.54. The average Bonchev–Trinajstić information content (AvgIpc) is 2.84. The number of aryl methyl sites for hydroxylation is 1. The Balaban J connectivity index is 2.09. The van der Waals surface area contributed by atoms with E-state index in [1.54, 1.807) is 18.5 Å². The summed E-state index contributed by atoms with van der Waals surface area (Å²) >= 11 is 3.43. The fraction of sp³-hybridized carbons (Fsp3) is 0.250. The summed E-state index contributed by atoms with van der Waals surface area (Å²) in [5, 5.41) is 16.2. The molecule has 0 saturated heterocycles. The number of nitrogens with one attached hydrogen (secondary N) is 1. The van der Waals surface area contributed by atoms with Gasteiger partial charge in [0.25, 0.3) is 0 Å². The van der Waals surface area contributed by atoms with Crippen LogP contribution in [-0.4, -0.2) is 14.8 Å².